The summed E-state index contributed by atoms with van der Waals surface area (Å²) in [6.45, 7) is 0. The smallest absolute Gasteiger partial charge is 0.274 e. The first-order valence-electron chi connectivity index (χ1n) is 5.43. The second-order valence-corrected chi connectivity index (χ2v) is 4.08. The van der Waals surface area contributed by atoms with Crippen LogP contribution in [0.1, 0.15) is 18.4 Å². The van der Waals surface area contributed by atoms with Gasteiger partial charge in [0.25, 0.3) is 5.69 Å². The second kappa shape index (κ2) is 4.58. The molecule has 0 atom stereocenters. The van der Waals surface area contributed by atoms with Gasteiger partial charge >= 0.3 is 6.18 Å². The lowest BCUT2D eigenvalue weighted by Crippen LogP contribution is -2.30. The van der Waals surface area contributed by atoms with Crippen molar-refractivity contribution < 1.29 is 27.7 Å². The van der Waals surface area contributed by atoms with Crippen molar-refractivity contribution in [1.82, 2.24) is 0 Å². The van der Waals surface area contributed by atoms with Gasteiger partial charge in [0.1, 0.15) is 0 Å². The molecular weight excluding hydrogens is 281 g/mol. The van der Waals surface area contributed by atoms with Crippen molar-refractivity contribution in [3.63, 3.8) is 0 Å². The van der Waals surface area contributed by atoms with Gasteiger partial charge in [-0.1, -0.05) is 0 Å². The third-order valence-electron chi connectivity index (χ3n) is 2.79. The Balaban J connectivity index is 2.61. The standard InChI is InChI=1S/C11H7F3N2O4/c12-11(13,14)7-5-6(16(19)20)1-2-8(7)15-9(17)3-4-10(15)18/h1-2,5H,3-4H2. The van der Waals surface area contributed by atoms with Gasteiger partial charge in [0.05, 0.1) is 16.2 Å². The Kier molecular flexibility index (Phi) is 3.20. The number of amides is 2. The van der Waals surface area contributed by atoms with Crippen molar-refractivity contribution in [2.75, 3.05) is 4.90 Å². The molecule has 2 amide bonds. The zero-order valence-electron chi connectivity index (χ0n) is 9.81. The first-order chi connectivity index (χ1) is 9.21. The van der Waals surface area contributed by atoms with Gasteiger partial charge in [0.15, 0.2) is 0 Å². The highest BCUT2D eigenvalue weighted by Crippen LogP contribution is 2.40. The number of imide groups is 1. The Bertz CT molecular complexity index is 596. The van der Waals surface area contributed by atoms with Crippen molar-refractivity contribution in [2.45, 2.75) is 19.0 Å². The van der Waals surface area contributed by atoms with Crippen LogP contribution in [0.2, 0.25) is 0 Å². The minimum Gasteiger partial charge on any atom is -0.274 e. The van der Waals surface area contributed by atoms with Crippen molar-refractivity contribution in [3.8, 4) is 0 Å². The summed E-state index contributed by atoms with van der Waals surface area (Å²) in [5.74, 6) is -1.51. The van der Waals surface area contributed by atoms with Gasteiger partial charge in [-0.2, -0.15) is 13.2 Å². The molecule has 1 aromatic rings. The molecule has 0 bridgehead atoms. The van der Waals surface area contributed by atoms with E-state index in [0.717, 1.165) is 12.1 Å². The van der Waals surface area contributed by atoms with E-state index in [2.05, 4.69) is 0 Å². The van der Waals surface area contributed by atoms with E-state index in [9.17, 15) is 32.9 Å². The van der Waals surface area contributed by atoms with E-state index in [1.54, 1.807) is 0 Å². The van der Waals surface area contributed by atoms with Crippen molar-refractivity contribution >= 4 is 23.2 Å². The quantitative estimate of drug-likeness (QED) is 0.475. The molecule has 1 aliphatic rings. The van der Waals surface area contributed by atoms with Crippen LogP contribution in [0.3, 0.4) is 0 Å². The number of rotatable bonds is 2. The molecule has 0 N–H and O–H groups in total. The topological polar surface area (TPSA) is 80.5 Å². The average Bonchev–Trinajstić information content (AvgIpc) is 2.67. The summed E-state index contributed by atoms with van der Waals surface area (Å²) in [7, 11) is 0. The molecule has 0 saturated carbocycles. The minimum absolute atomic E-state index is 0.173. The number of nitro benzene ring substituents is 1. The summed E-state index contributed by atoms with van der Waals surface area (Å²) in [6, 6.07) is 1.90. The molecule has 2 rings (SSSR count). The fraction of sp³-hybridized carbons (Fsp3) is 0.273. The van der Waals surface area contributed by atoms with Gasteiger partial charge in [-0.15, -0.1) is 0 Å². The van der Waals surface area contributed by atoms with E-state index >= 15 is 0 Å². The number of benzene rings is 1. The molecule has 6 nitrogen and oxygen atoms in total. The number of alkyl halides is 3. The Morgan fingerprint density at radius 2 is 1.70 bits per heavy atom. The van der Waals surface area contributed by atoms with Crippen LogP contribution < -0.4 is 4.90 Å². The molecule has 106 valence electrons. The molecule has 0 aromatic heterocycles. The van der Waals surface area contributed by atoms with E-state index in [-0.39, 0.29) is 12.8 Å². The lowest BCUT2D eigenvalue weighted by molar-refractivity contribution is -0.385. The SMILES string of the molecule is O=C1CCC(=O)N1c1ccc([N+](=O)[O-])cc1C(F)(F)F. The van der Waals surface area contributed by atoms with Crippen molar-refractivity contribution in [2.24, 2.45) is 0 Å². The molecule has 1 aromatic carbocycles. The highest BCUT2D eigenvalue weighted by Gasteiger charge is 2.40. The average molecular weight is 288 g/mol. The maximum absolute atomic E-state index is 12.9. The number of non-ortho nitro benzene ring substituents is 1. The molecule has 9 heteroatoms. The summed E-state index contributed by atoms with van der Waals surface area (Å²) in [4.78, 5) is 32.9. The molecule has 0 spiro atoms. The zero-order valence-corrected chi connectivity index (χ0v) is 9.81. The molecule has 1 heterocycles. The molecule has 0 radical (unpaired) electrons. The van der Waals surface area contributed by atoms with Crippen LogP contribution in [-0.2, 0) is 15.8 Å². The molecule has 0 unspecified atom stereocenters. The van der Waals surface area contributed by atoms with Crippen LogP contribution in [0.4, 0.5) is 24.5 Å². The van der Waals surface area contributed by atoms with Crippen LogP contribution in [0.5, 0.6) is 0 Å². The van der Waals surface area contributed by atoms with Crippen LogP contribution in [0, 0.1) is 10.1 Å². The number of hydrogen-bond donors (Lipinski definition) is 0. The molecule has 20 heavy (non-hydrogen) atoms. The van der Waals surface area contributed by atoms with Crippen molar-refractivity contribution in [3.05, 3.63) is 33.9 Å². The highest BCUT2D eigenvalue weighted by molar-refractivity contribution is 6.20. The van der Waals surface area contributed by atoms with Gasteiger partial charge in [-0.3, -0.25) is 19.7 Å². The largest absolute Gasteiger partial charge is 0.418 e. The second-order valence-electron chi connectivity index (χ2n) is 4.08. The molecule has 1 fully saturated rings. The van der Waals surface area contributed by atoms with Gasteiger partial charge in [-0.25, -0.2) is 4.90 Å². The number of halogens is 3. The van der Waals surface area contributed by atoms with Crippen LogP contribution in [0.25, 0.3) is 0 Å². The van der Waals surface area contributed by atoms with Gasteiger partial charge in [-0.05, 0) is 6.07 Å². The van der Waals surface area contributed by atoms with E-state index in [4.69, 9.17) is 0 Å². The lowest BCUT2D eigenvalue weighted by atomic mass is 10.1. The maximum atomic E-state index is 12.9. The number of carbonyl (C=O) groups is 2. The Labute approximate surface area is 109 Å². The minimum atomic E-state index is -4.91. The van der Waals surface area contributed by atoms with Crippen LogP contribution >= 0.6 is 0 Å². The summed E-state index contributed by atoms with van der Waals surface area (Å²) in [5.41, 5.74) is -2.81. The number of hydrogen-bond acceptors (Lipinski definition) is 4. The molecule has 0 aliphatic carbocycles. The predicted molar refractivity (Wildman–Crippen MR) is 59.8 cm³/mol. The Morgan fingerprint density at radius 3 is 2.15 bits per heavy atom. The van der Waals surface area contributed by atoms with Crippen molar-refractivity contribution in [1.29, 1.82) is 0 Å². The Morgan fingerprint density at radius 1 is 1.15 bits per heavy atom. The van der Waals surface area contributed by atoms with Crippen LogP contribution in [-0.4, -0.2) is 16.7 Å². The number of anilines is 1. The number of nitrogens with zero attached hydrogens (tertiary/aromatic N) is 2. The maximum Gasteiger partial charge on any atom is 0.418 e. The predicted octanol–water partition coefficient (Wildman–Crippen LogP) is 2.27. The fourth-order valence-corrected chi connectivity index (χ4v) is 1.90. The first-order valence-corrected chi connectivity index (χ1v) is 5.43. The van der Waals surface area contributed by atoms with Gasteiger partial charge in [0.2, 0.25) is 11.8 Å². The summed E-state index contributed by atoms with van der Waals surface area (Å²) in [5, 5.41) is 10.5. The van der Waals surface area contributed by atoms with E-state index < -0.39 is 39.9 Å². The third kappa shape index (κ3) is 2.33. The van der Waals surface area contributed by atoms with Crippen LogP contribution in [0.15, 0.2) is 18.2 Å². The lowest BCUT2D eigenvalue weighted by Gasteiger charge is -2.19. The van der Waals surface area contributed by atoms with Gasteiger partial charge in [0, 0.05) is 25.0 Å². The van der Waals surface area contributed by atoms with E-state index in [0.29, 0.717) is 11.0 Å². The highest BCUT2D eigenvalue weighted by atomic mass is 19.4. The van der Waals surface area contributed by atoms with E-state index in [1.165, 1.54) is 0 Å². The molecular formula is C11H7F3N2O4. The third-order valence-corrected chi connectivity index (χ3v) is 2.79. The normalized spacial score (nSPS) is 15.8. The fourth-order valence-electron chi connectivity index (χ4n) is 1.90. The summed E-state index contributed by atoms with van der Waals surface area (Å²) in [6.07, 6.45) is -5.26. The number of carbonyl (C=O) groups excluding carboxylic acids is 2. The number of nitro groups is 1. The molecule has 1 saturated heterocycles. The first kappa shape index (κ1) is 14.0. The monoisotopic (exact) mass is 288 g/mol. The van der Waals surface area contributed by atoms with E-state index in [1.807, 2.05) is 0 Å². The van der Waals surface area contributed by atoms with Gasteiger partial charge < -0.3 is 0 Å². The zero-order chi connectivity index (χ0) is 15.1. The molecule has 1 aliphatic heterocycles. The Hall–Kier alpha value is -2.45. The summed E-state index contributed by atoms with van der Waals surface area (Å²) < 4.78 is 38.8. The summed E-state index contributed by atoms with van der Waals surface area (Å²) >= 11 is 0.